The molecule has 0 aromatic heterocycles. The summed E-state index contributed by atoms with van der Waals surface area (Å²) < 4.78 is 57.6. The quantitative estimate of drug-likeness (QED) is 0.341. The molecule has 3 atom stereocenters. The van der Waals surface area contributed by atoms with E-state index in [1.165, 1.54) is 26.2 Å². The van der Waals surface area contributed by atoms with E-state index < -0.39 is 42.3 Å². The maximum absolute atomic E-state index is 14.6. The maximum Gasteiger partial charge on any atom is 0.389 e. The summed E-state index contributed by atoms with van der Waals surface area (Å²) in [6, 6.07) is 13.3. The van der Waals surface area contributed by atoms with Crippen LogP contribution in [0.15, 0.2) is 58.7 Å². The Morgan fingerprint density at radius 1 is 1.27 bits per heavy atom. The third kappa shape index (κ3) is 7.18. The van der Waals surface area contributed by atoms with Crippen LogP contribution in [0, 0.1) is 17.2 Å². The Kier molecular flexibility index (Phi) is 9.51. The molecule has 37 heavy (non-hydrogen) atoms. The first-order valence-corrected chi connectivity index (χ1v) is 12.5. The fraction of sp³-hybridized carbons (Fsp3) is 0.320. The number of benzene rings is 2. The van der Waals surface area contributed by atoms with Gasteiger partial charge in [0.25, 0.3) is 5.91 Å². The van der Waals surface area contributed by atoms with E-state index in [4.69, 9.17) is 27.9 Å². The van der Waals surface area contributed by atoms with E-state index in [2.05, 4.69) is 10.3 Å². The first-order chi connectivity index (χ1) is 17.4. The number of hydrogen-bond donors (Lipinski definition) is 1. The molecule has 1 aliphatic heterocycles. The van der Waals surface area contributed by atoms with Crippen molar-refractivity contribution in [2.45, 2.75) is 37.4 Å². The fourth-order valence-electron chi connectivity index (χ4n) is 3.86. The number of carbonyl (C=O) groups excluding carboxylic acids is 1. The molecule has 0 aliphatic carbocycles. The molecule has 0 spiro atoms. The van der Waals surface area contributed by atoms with Gasteiger partial charge in [-0.25, -0.2) is 9.38 Å². The minimum Gasteiger partial charge on any atom is -0.495 e. The van der Waals surface area contributed by atoms with Gasteiger partial charge in [-0.2, -0.15) is 18.4 Å². The fourth-order valence-corrected chi connectivity index (χ4v) is 5.41. The number of allylic oxidation sites excluding steroid dienone is 1. The molecular weight excluding hydrogens is 553 g/mol. The molecule has 196 valence electrons. The van der Waals surface area contributed by atoms with Crippen LogP contribution in [0.25, 0.3) is 0 Å². The molecule has 1 heterocycles. The zero-order chi connectivity index (χ0) is 27.3. The van der Waals surface area contributed by atoms with Crippen LogP contribution in [0.1, 0.15) is 31.2 Å². The number of halogens is 6. The molecule has 2 aromatic carbocycles. The third-order valence-electron chi connectivity index (χ3n) is 5.52. The second-order valence-electron chi connectivity index (χ2n) is 8.04. The topological polar surface area (TPSA) is 74.5 Å². The van der Waals surface area contributed by atoms with Crippen LogP contribution in [0.3, 0.4) is 0 Å². The van der Waals surface area contributed by atoms with Gasteiger partial charge in [0.05, 0.1) is 23.9 Å². The van der Waals surface area contributed by atoms with Crippen LogP contribution in [-0.2, 0) is 4.79 Å². The summed E-state index contributed by atoms with van der Waals surface area (Å²) in [7, 11) is 1.44. The van der Waals surface area contributed by atoms with Gasteiger partial charge in [-0.15, -0.1) is 0 Å². The number of nitrogens with one attached hydrogen (secondary N) is 1. The molecule has 1 aliphatic rings. The van der Waals surface area contributed by atoms with Gasteiger partial charge < -0.3 is 10.1 Å². The normalized spacial score (nSPS) is 18.6. The minimum atomic E-state index is -4.52. The first kappa shape index (κ1) is 28.8. The van der Waals surface area contributed by atoms with Crippen molar-refractivity contribution in [1.29, 1.82) is 5.26 Å². The first-order valence-electron chi connectivity index (χ1n) is 10.9. The highest BCUT2D eigenvalue weighted by molar-refractivity contribution is 8.14. The Morgan fingerprint density at radius 3 is 2.59 bits per heavy atom. The van der Waals surface area contributed by atoms with E-state index in [-0.39, 0.29) is 21.3 Å². The van der Waals surface area contributed by atoms with E-state index in [1.807, 2.05) is 6.07 Å². The lowest BCUT2D eigenvalue weighted by Gasteiger charge is -2.31. The summed E-state index contributed by atoms with van der Waals surface area (Å²) in [6.45, 7) is 1.51. The van der Waals surface area contributed by atoms with Gasteiger partial charge in [0, 0.05) is 33.7 Å². The molecule has 1 N–H and O–H groups in total. The van der Waals surface area contributed by atoms with Crippen molar-refractivity contribution in [1.82, 2.24) is 0 Å². The summed E-state index contributed by atoms with van der Waals surface area (Å²) in [5.41, 5.74) is -0.975. The largest absolute Gasteiger partial charge is 0.495 e. The maximum atomic E-state index is 14.6. The predicted octanol–water partition coefficient (Wildman–Crippen LogP) is 7.92. The number of alkyl halides is 4. The number of para-hydroxylation sites is 2. The Bertz CT molecular complexity index is 1280. The zero-order valence-corrected chi connectivity index (χ0v) is 21.9. The second-order valence-corrected chi connectivity index (χ2v) is 10.0. The van der Waals surface area contributed by atoms with E-state index in [0.29, 0.717) is 33.8 Å². The highest BCUT2D eigenvalue weighted by Crippen LogP contribution is 2.45. The van der Waals surface area contributed by atoms with E-state index in [9.17, 15) is 27.6 Å². The molecule has 0 bridgehead atoms. The Balaban J connectivity index is 2.06. The molecule has 2 aromatic rings. The van der Waals surface area contributed by atoms with Crippen molar-refractivity contribution in [2.24, 2.45) is 10.9 Å². The summed E-state index contributed by atoms with van der Waals surface area (Å²) in [4.78, 5) is 17.8. The summed E-state index contributed by atoms with van der Waals surface area (Å²) >= 11 is 12.9. The van der Waals surface area contributed by atoms with Crippen LogP contribution in [0.5, 0.6) is 5.75 Å². The van der Waals surface area contributed by atoms with Gasteiger partial charge in [-0.3, -0.25) is 4.79 Å². The SMILES string of the molecule is COc1ccccc1NC(=O)C1=C(C)N=C(SC(F)CCC(F)(F)F)C(C#N)C1c1ccc(Cl)cc1Cl. The van der Waals surface area contributed by atoms with Gasteiger partial charge >= 0.3 is 6.18 Å². The van der Waals surface area contributed by atoms with Gasteiger partial charge in [-0.05, 0) is 43.2 Å². The third-order valence-corrected chi connectivity index (χ3v) is 7.16. The van der Waals surface area contributed by atoms with Crippen LogP contribution in [0.2, 0.25) is 10.0 Å². The number of nitrogens with zero attached hydrogens (tertiary/aromatic N) is 2. The van der Waals surface area contributed by atoms with Crippen LogP contribution >= 0.6 is 35.0 Å². The average Bonchev–Trinajstić information content (AvgIpc) is 2.82. The molecule has 12 heteroatoms. The second kappa shape index (κ2) is 12.2. The van der Waals surface area contributed by atoms with Crippen molar-refractivity contribution >= 4 is 51.6 Å². The lowest BCUT2D eigenvalue weighted by atomic mass is 9.78. The van der Waals surface area contributed by atoms with Crippen LogP contribution in [-0.4, -0.2) is 29.7 Å². The van der Waals surface area contributed by atoms with Gasteiger partial charge in [0.15, 0.2) is 5.50 Å². The standard InChI is InChI=1S/C25H21Cl2F4N3O2S/c1-13-21(23(35)34-18-5-3-4-6-19(18)36-2)22(15-8-7-14(26)11-17(15)27)16(12-32)24(33-13)37-20(28)9-10-25(29,30)31/h3-8,11,16,20,22H,9-10H2,1-2H3,(H,34,35). The number of rotatable bonds is 7. The van der Waals surface area contributed by atoms with Crippen molar-refractivity contribution in [3.05, 3.63) is 69.3 Å². The van der Waals surface area contributed by atoms with Gasteiger partial charge in [-0.1, -0.05) is 53.2 Å². The highest BCUT2D eigenvalue weighted by Gasteiger charge is 2.41. The molecule has 0 radical (unpaired) electrons. The smallest absolute Gasteiger partial charge is 0.389 e. The number of ether oxygens (including phenoxy) is 1. The molecule has 0 saturated heterocycles. The lowest BCUT2D eigenvalue weighted by molar-refractivity contribution is -0.136. The van der Waals surface area contributed by atoms with E-state index in [0.717, 1.165) is 0 Å². The molecule has 1 amide bonds. The number of thioether (sulfide) groups is 1. The number of nitriles is 1. The Hall–Kier alpha value is -2.74. The average molecular weight is 574 g/mol. The number of amides is 1. The minimum absolute atomic E-state index is 0.0421. The Morgan fingerprint density at radius 2 is 1.97 bits per heavy atom. The molecule has 3 rings (SSSR count). The van der Waals surface area contributed by atoms with Crippen molar-refractivity contribution < 1.29 is 27.1 Å². The van der Waals surface area contributed by atoms with Crippen molar-refractivity contribution in [2.75, 3.05) is 12.4 Å². The summed E-state index contributed by atoms with van der Waals surface area (Å²) in [5.74, 6) is -2.40. The van der Waals surface area contributed by atoms with Crippen molar-refractivity contribution in [3.8, 4) is 11.8 Å². The number of aliphatic imine (C=N–C) groups is 1. The number of methoxy groups -OCH3 is 1. The monoisotopic (exact) mass is 573 g/mol. The highest BCUT2D eigenvalue weighted by atomic mass is 35.5. The van der Waals surface area contributed by atoms with Gasteiger partial charge in [0.2, 0.25) is 0 Å². The van der Waals surface area contributed by atoms with Crippen molar-refractivity contribution in [3.63, 3.8) is 0 Å². The van der Waals surface area contributed by atoms with E-state index in [1.54, 1.807) is 30.3 Å². The molecule has 0 fully saturated rings. The Labute approximate surface area is 225 Å². The zero-order valence-electron chi connectivity index (χ0n) is 19.6. The van der Waals surface area contributed by atoms with Crippen LogP contribution < -0.4 is 10.1 Å². The van der Waals surface area contributed by atoms with Crippen LogP contribution in [0.4, 0.5) is 23.2 Å². The number of hydrogen-bond acceptors (Lipinski definition) is 5. The van der Waals surface area contributed by atoms with E-state index >= 15 is 0 Å². The predicted molar refractivity (Wildman–Crippen MR) is 138 cm³/mol. The number of anilines is 1. The summed E-state index contributed by atoms with van der Waals surface area (Å²) in [5, 5.41) is 13.3. The molecule has 3 unspecified atom stereocenters. The molecule has 0 saturated carbocycles. The number of carbonyl (C=O) groups is 1. The van der Waals surface area contributed by atoms with Gasteiger partial charge in [0.1, 0.15) is 11.7 Å². The summed E-state index contributed by atoms with van der Waals surface area (Å²) in [6.07, 6.45) is -6.64. The molecular formula is C25H21Cl2F4N3O2S. The molecule has 5 nitrogen and oxygen atoms in total. The lowest BCUT2D eigenvalue weighted by Crippen LogP contribution is -2.32.